The van der Waals surface area contributed by atoms with Crippen LogP contribution in [0, 0.1) is 0 Å². The Morgan fingerprint density at radius 2 is 1.59 bits per heavy atom. The van der Waals surface area contributed by atoms with E-state index in [0.29, 0.717) is 60.0 Å². The largest absolute Gasteiger partial charge is 0.497 e. The van der Waals surface area contributed by atoms with Crippen LogP contribution in [-0.4, -0.2) is 35.1 Å². The first kappa shape index (κ1) is 28.4. The van der Waals surface area contributed by atoms with E-state index >= 15 is 0 Å². The van der Waals surface area contributed by atoms with E-state index in [9.17, 15) is 13.2 Å². The molecule has 0 unspecified atom stereocenters. The van der Waals surface area contributed by atoms with Gasteiger partial charge in [0.25, 0.3) is 0 Å². The number of hydrogen-bond acceptors (Lipinski definition) is 6. The minimum Gasteiger partial charge on any atom is -0.497 e. The lowest BCUT2D eigenvalue weighted by molar-refractivity contribution is -0.137. The highest BCUT2D eigenvalue weighted by Crippen LogP contribution is 2.33. The fourth-order valence-electron chi connectivity index (χ4n) is 4.03. The first-order valence-electron chi connectivity index (χ1n) is 12.6. The molecule has 0 saturated carbocycles. The molecule has 0 atom stereocenters. The van der Waals surface area contributed by atoms with Gasteiger partial charge in [0.2, 0.25) is 0 Å². The molecule has 4 aromatic rings. The number of alkyl halides is 3. The molecule has 0 radical (unpaired) electrons. The van der Waals surface area contributed by atoms with Gasteiger partial charge in [-0.3, -0.25) is 0 Å². The van der Waals surface area contributed by atoms with Gasteiger partial charge >= 0.3 is 6.18 Å². The van der Waals surface area contributed by atoms with Gasteiger partial charge in [0, 0.05) is 17.9 Å². The third-order valence-electron chi connectivity index (χ3n) is 5.92. The Kier molecular flexibility index (Phi) is 9.40. The highest BCUT2D eigenvalue weighted by molar-refractivity contribution is 7.98. The highest BCUT2D eigenvalue weighted by atomic mass is 32.2. The van der Waals surface area contributed by atoms with Crippen molar-refractivity contribution in [2.24, 2.45) is 0 Å². The summed E-state index contributed by atoms with van der Waals surface area (Å²) in [5.74, 6) is 3.10. The van der Waals surface area contributed by atoms with Gasteiger partial charge in [-0.25, -0.2) is 0 Å². The molecule has 1 heterocycles. The Bertz CT molecular complexity index is 1370. The quantitative estimate of drug-likeness (QED) is 0.170. The van der Waals surface area contributed by atoms with Gasteiger partial charge in [0.05, 0.1) is 25.9 Å². The van der Waals surface area contributed by atoms with Crippen LogP contribution in [0.1, 0.15) is 30.5 Å². The molecule has 0 aliphatic heterocycles. The number of rotatable bonds is 12. The number of aromatic nitrogens is 3. The Balaban J connectivity index is 1.60. The van der Waals surface area contributed by atoms with Crippen molar-refractivity contribution in [1.82, 2.24) is 14.8 Å². The van der Waals surface area contributed by atoms with E-state index in [0.717, 1.165) is 22.9 Å². The maximum atomic E-state index is 13.2. The highest BCUT2D eigenvalue weighted by Gasteiger charge is 2.30. The molecule has 0 aliphatic carbocycles. The summed E-state index contributed by atoms with van der Waals surface area (Å²) >= 11 is 1.35. The molecule has 0 fully saturated rings. The zero-order chi connectivity index (χ0) is 27.8. The standard InChI is InChI=1S/C29H30F3N3O3S/c1-4-37-25-14-9-20(18-26(25)38-5-2)15-16-35-27(22-10-12-24(36-3)13-11-22)33-34-28(35)39-19-21-7-6-8-23(17-21)29(30,31)32/h6-14,17-18H,4-5,15-16,19H2,1-3H3. The first-order valence-corrected chi connectivity index (χ1v) is 13.6. The number of benzene rings is 3. The summed E-state index contributed by atoms with van der Waals surface area (Å²) in [6.07, 6.45) is -3.73. The molecule has 6 nitrogen and oxygen atoms in total. The van der Waals surface area contributed by atoms with Crippen molar-refractivity contribution in [2.45, 2.75) is 43.9 Å². The number of ether oxygens (including phenoxy) is 3. The molecule has 4 rings (SSSR count). The molecular formula is C29H30F3N3O3S. The summed E-state index contributed by atoms with van der Waals surface area (Å²) < 4.78 is 58.3. The van der Waals surface area contributed by atoms with Gasteiger partial charge < -0.3 is 18.8 Å². The first-order chi connectivity index (χ1) is 18.8. The van der Waals surface area contributed by atoms with Gasteiger partial charge in [0.15, 0.2) is 22.5 Å². The van der Waals surface area contributed by atoms with Gasteiger partial charge in [-0.1, -0.05) is 36.0 Å². The Labute approximate surface area is 230 Å². The normalized spacial score (nSPS) is 11.4. The fraction of sp³-hybridized carbons (Fsp3) is 0.310. The second kappa shape index (κ2) is 12.9. The number of methoxy groups -OCH3 is 1. The van der Waals surface area contributed by atoms with Gasteiger partial charge in [-0.2, -0.15) is 13.2 Å². The summed E-state index contributed by atoms with van der Waals surface area (Å²) in [5, 5.41) is 9.45. The van der Waals surface area contributed by atoms with Gasteiger partial charge in [-0.15, -0.1) is 10.2 Å². The third-order valence-corrected chi connectivity index (χ3v) is 6.96. The van der Waals surface area contributed by atoms with E-state index in [-0.39, 0.29) is 0 Å². The Hall–Kier alpha value is -3.66. The lowest BCUT2D eigenvalue weighted by Gasteiger charge is -2.14. The molecular weight excluding hydrogens is 527 g/mol. The number of aryl methyl sites for hydroxylation is 1. The van der Waals surface area contributed by atoms with E-state index in [4.69, 9.17) is 14.2 Å². The lowest BCUT2D eigenvalue weighted by atomic mass is 10.1. The van der Waals surface area contributed by atoms with Gasteiger partial charge in [0.1, 0.15) is 5.75 Å². The molecule has 39 heavy (non-hydrogen) atoms. The van der Waals surface area contributed by atoms with Crippen LogP contribution in [-0.2, 0) is 24.9 Å². The molecule has 0 aliphatic rings. The van der Waals surface area contributed by atoms with Crippen LogP contribution >= 0.6 is 11.8 Å². The molecule has 0 saturated heterocycles. The average Bonchev–Trinajstić information content (AvgIpc) is 3.34. The minimum absolute atomic E-state index is 0.322. The van der Waals surface area contributed by atoms with E-state index < -0.39 is 11.7 Å². The molecule has 0 bridgehead atoms. The predicted octanol–water partition coefficient (Wildman–Crippen LogP) is 7.30. The Morgan fingerprint density at radius 3 is 2.28 bits per heavy atom. The number of nitrogens with zero attached hydrogens (tertiary/aromatic N) is 3. The van der Waals surface area contributed by atoms with Crippen LogP contribution < -0.4 is 14.2 Å². The Morgan fingerprint density at radius 1 is 0.846 bits per heavy atom. The van der Waals surface area contributed by atoms with Crippen molar-refractivity contribution >= 4 is 11.8 Å². The van der Waals surface area contributed by atoms with Crippen LogP contribution in [0.3, 0.4) is 0 Å². The summed E-state index contributed by atoms with van der Waals surface area (Å²) in [6.45, 7) is 5.47. The monoisotopic (exact) mass is 557 g/mol. The van der Waals surface area contributed by atoms with Crippen LogP contribution in [0.15, 0.2) is 71.9 Å². The van der Waals surface area contributed by atoms with Crippen molar-refractivity contribution in [3.8, 4) is 28.6 Å². The van der Waals surface area contributed by atoms with Crippen molar-refractivity contribution < 1.29 is 27.4 Å². The smallest absolute Gasteiger partial charge is 0.416 e. The topological polar surface area (TPSA) is 58.4 Å². The molecule has 10 heteroatoms. The van der Waals surface area contributed by atoms with Crippen LogP contribution in [0.25, 0.3) is 11.4 Å². The molecule has 3 aromatic carbocycles. The zero-order valence-corrected chi connectivity index (χ0v) is 22.8. The van der Waals surface area contributed by atoms with Crippen molar-refractivity contribution in [3.63, 3.8) is 0 Å². The van der Waals surface area contributed by atoms with Gasteiger partial charge in [-0.05, 0) is 73.9 Å². The third kappa shape index (κ3) is 7.26. The maximum Gasteiger partial charge on any atom is 0.416 e. The molecule has 0 amide bonds. The van der Waals surface area contributed by atoms with Crippen molar-refractivity contribution in [3.05, 3.63) is 83.4 Å². The summed E-state index contributed by atoms with van der Waals surface area (Å²) in [5.41, 5.74) is 1.80. The molecule has 1 aromatic heterocycles. The van der Waals surface area contributed by atoms with E-state index in [1.807, 2.05) is 60.9 Å². The maximum absolute atomic E-state index is 13.2. The summed E-state index contributed by atoms with van der Waals surface area (Å²) in [4.78, 5) is 0. The van der Waals surface area contributed by atoms with E-state index in [1.54, 1.807) is 13.2 Å². The van der Waals surface area contributed by atoms with Crippen LogP contribution in [0.4, 0.5) is 13.2 Å². The lowest BCUT2D eigenvalue weighted by Crippen LogP contribution is -2.07. The summed E-state index contributed by atoms with van der Waals surface area (Å²) in [6, 6.07) is 18.8. The minimum atomic E-state index is -4.39. The van der Waals surface area contributed by atoms with Crippen molar-refractivity contribution in [2.75, 3.05) is 20.3 Å². The predicted molar refractivity (Wildman–Crippen MR) is 145 cm³/mol. The molecule has 206 valence electrons. The second-order valence-electron chi connectivity index (χ2n) is 8.57. The fourth-order valence-corrected chi connectivity index (χ4v) is 4.94. The van der Waals surface area contributed by atoms with Crippen LogP contribution in [0.2, 0.25) is 0 Å². The van der Waals surface area contributed by atoms with Crippen molar-refractivity contribution in [1.29, 1.82) is 0 Å². The van der Waals surface area contributed by atoms with Crippen LogP contribution in [0.5, 0.6) is 17.2 Å². The zero-order valence-electron chi connectivity index (χ0n) is 22.0. The molecule has 0 spiro atoms. The van der Waals surface area contributed by atoms with E-state index in [1.165, 1.54) is 23.9 Å². The number of halogens is 3. The number of hydrogen-bond donors (Lipinski definition) is 0. The average molecular weight is 558 g/mol. The SMILES string of the molecule is CCOc1ccc(CCn2c(SCc3cccc(C(F)(F)F)c3)nnc2-c2ccc(OC)cc2)cc1OCC. The molecule has 0 N–H and O–H groups in total. The second-order valence-corrected chi connectivity index (χ2v) is 9.51. The van der Waals surface area contributed by atoms with E-state index in [2.05, 4.69) is 10.2 Å². The number of thioether (sulfide) groups is 1. The summed E-state index contributed by atoms with van der Waals surface area (Å²) in [7, 11) is 1.60.